The SMILES string of the molecule is Nc1cc(-c2cccc(OC(F)(F)F)c2)nc(-c2cccc(OC(F)(F)F)c2)c1. The number of hydrogen-bond donors (Lipinski definition) is 1. The first-order valence-electron chi connectivity index (χ1n) is 7.98. The predicted octanol–water partition coefficient (Wildman–Crippen LogP) is 5.80. The molecule has 1 aromatic heterocycles. The molecule has 0 amide bonds. The molecule has 1 heterocycles. The Morgan fingerprint density at radius 1 is 0.655 bits per heavy atom. The first kappa shape index (κ1) is 20.3. The predicted molar refractivity (Wildman–Crippen MR) is 92.9 cm³/mol. The highest BCUT2D eigenvalue weighted by atomic mass is 19.4. The lowest BCUT2D eigenvalue weighted by molar-refractivity contribution is -0.275. The van der Waals surface area contributed by atoms with Gasteiger partial charge in [0.05, 0.1) is 11.4 Å². The van der Waals surface area contributed by atoms with E-state index in [0.29, 0.717) is 0 Å². The topological polar surface area (TPSA) is 57.4 Å². The van der Waals surface area contributed by atoms with Gasteiger partial charge in [-0.25, -0.2) is 4.98 Å². The Balaban J connectivity index is 1.98. The summed E-state index contributed by atoms with van der Waals surface area (Å²) in [7, 11) is 0. The molecule has 2 N–H and O–H groups in total. The minimum Gasteiger partial charge on any atom is -0.406 e. The maximum atomic E-state index is 12.4. The van der Waals surface area contributed by atoms with E-state index in [1.165, 1.54) is 36.4 Å². The van der Waals surface area contributed by atoms with Crippen LogP contribution in [-0.2, 0) is 0 Å². The van der Waals surface area contributed by atoms with Crippen LogP contribution in [0.15, 0.2) is 60.7 Å². The fourth-order valence-electron chi connectivity index (χ4n) is 2.55. The molecular weight excluding hydrogens is 402 g/mol. The van der Waals surface area contributed by atoms with Gasteiger partial charge in [0.15, 0.2) is 0 Å². The van der Waals surface area contributed by atoms with Gasteiger partial charge in [0.25, 0.3) is 0 Å². The van der Waals surface area contributed by atoms with E-state index in [9.17, 15) is 26.3 Å². The van der Waals surface area contributed by atoms with E-state index in [1.54, 1.807) is 0 Å². The lowest BCUT2D eigenvalue weighted by Crippen LogP contribution is -2.17. The number of nitrogen functional groups attached to an aromatic ring is 1. The van der Waals surface area contributed by atoms with Crippen molar-refractivity contribution < 1.29 is 35.8 Å². The summed E-state index contributed by atoms with van der Waals surface area (Å²) < 4.78 is 82.4. The minimum atomic E-state index is -4.86. The number of aromatic nitrogens is 1. The van der Waals surface area contributed by atoms with E-state index < -0.39 is 24.2 Å². The van der Waals surface area contributed by atoms with Crippen LogP contribution in [0.4, 0.5) is 32.0 Å². The zero-order chi connectivity index (χ0) is 21.2. The van der Waals surface area contributed by atoms with Crippen LogP contribution in [0.2, 0.25) is 0 Å². The number of pyridine rings is 1. The van der Waals surface area contributed by atoms with Crippen LogP contribution >= 0.6 is 0 Å². The maximum absolute atomic E-state index is 12.4. The Bertz CT molecular complexity index is 940. The van der Waals surface area contributed by atoms with Gasteiger partial charge in [-0.3, -0.25) is 0 Å². The zero-order valence-corrected chi connectivity index (χ0v) is 14.4. The average molecular weight is 414 g/mol. The molecule has 0 atom stereocenters. The molecule has 0 aliphatic carbocycles. The van der Waals surface area contributed by atoms with Gasteiger partial charge in [0.2, 0.25) is 0 Å². The molecular formula is C19H12F6N2O2. The third-order valence-electron chi connectivity index (χ3n) is 3.57. The van der Waals surface area contributed by atoms with Gasteiger partial charge in [-0.05, 0) is 36.4 Å². The number of halogens is 6. The first-order valence-corrected chi connectivity index (χ1v) is 7.98. The second kappa shape index (κ2) is 7.53. The molecule has 0 fully saturated rings. The van der Waals surface area contributed by atoms with Crippen LogP contribution in [0.25, 0.3) is 22.5 Å². The lowest BCUT2D eigenvalue weighted by atomic mass is 10.1. The normalized spacial score (nSPS) is 11.9. The Kier molecular flexibility index (Phi) is 5.27. The first-order chi connectivity index (χ1) is 13.5. The fourth-order valence-corrected chi connectivity index (χ4v) is 2.55. The highest BCUT2D eigenvalue weighted by Gasteiger charge is 2.32. The van der Waals surface area contributed by atoms with Crippen molar-refractivity contribution in [3.8, 4) is 34.0 Å². The molecule has 0 bridgehead atoms. The summed E-state index contributed by atoms with van der Waals surface area (Å²) in [5.41, 5.74) is 7.06. The van der Waals surface area contributed by atoms with Gasteiger partial charge in [0, 0.05) is 16.8 Å². The van der Waals surface area contributed by atoms with Crippen LogP contribution in [0.1, 0.15) is 0 Å². The van der Waals surface area contributed by atoms with Crippen LogP contribution in [0, 0.1) is 0 Å². The third kappa shape index (κ3) is 5.77. The highest BCUT2D eigenvalue weighted by Crippen LogP contribution is 2.32. The fraction of sp³-hybridized carbons (Fsp3) is 0.105. The van der Waals surface area contributed by atoms with Crippen LogP contribution in [0.3, 0.4) is 0 Å². The van der Waals surface area contributed by atoms with E-state index >= 15 is 0 Å². The summed E-state index contributed by atoms with van der Waals surface area (Å²) in [6.07, 6.45) is -9.71. The molecule has 0 radical (unpaired) electrons. The molecule has 0 spiro atoms. The second-order valence-corrected chi connectivity index (χ2v) is 5.82. The van der Waals surface area contributed by atoms with Gasteiger partial charge in [-0.15, -0.1) is 26.3 Å². The quantitative estimate of drug-likeness (QED) is 0.549. The molecule has 4 nitrogen and oxygen atoms in total. The number of nitrogens with zero attached hydrogens (tertiary/aromatic N) is 1. The molecule has 0 aliphatic rings. The zero-order valence-electron chi connectivity index (χ0n) is 14.4. The van der Waals surface area contributed by atoms with Crippen LogP contribution in [0.5, 0.6) is 11.5 Å². The van der Waals surface area contributed by atoms with Crippen LogP contribution in [-0.4, -0.2) is 17.7 Å². The van der Waals surface area contributed by atoms with Gasteiger partial charge >= 0.3 is 12.7 Å². The van der Waals surface area contributed by atoms with E-state index in [4.69, 9.17) is 5.73 Å². The maximum Gasteiger partial charge on any atom is 0.573 e. The Morgan fingerprint density at radius 3 is 1.45 bits per heavy atom. The number of rotatable bonds is 4. The summed E-state index contributed by atoms with van der Waals surface area (Å²) in [6.45, 7) is 0. The molecule has 0 saturated heterocycles. The summed E-state index contributed by atoms with van der Waals surface area (Å²) in [6, 6.07) is 13.0. The number of ether oxygens (including phenoxy) is 2. The van der Waals surface area contributed by atoms with Gasteiger partial charge < -0.3 is 15.2 Å². The van der Waals surface area contributed by atoms with E-state index in [0.717, 1.165) is 24.3 Å². The van der Waals surface area contributed by atoms with Crippen molar-refractivity contribution in [2.75, 3.05) is 5.73 Å². The largest absolute Gasteiger partial charge is 0.573 e. The molecule has 0 aliphatic heterocycles. The molecule has 3 aromatic rings. The van der Waals surface area contributed by atoms with Crippen molar-refractivity contribution in [1.29, 1.82) is 0 Å². The number of alkyl halides is 6. The number of anilines is 1. The van der Waals surface area contributed by atoms with Crippen LogP contribution < -0.4 is 15.2 Å². The van der Waals surface area contributed by atoms with Crippen molar-refractivity contribution in [3.05, 3.63) is 60.7 Å². The number of benzene rings is 2. The number of nitrogens with two attached hydrogens (primary N) is 1. The molecule has 0 saturated carbocycles. The van der Waals surface area contributed by atoms with Gasteiger partial charge in [0.1, 0.15) is 11.5 Å². The minimum absolute atomic E-state index is 0.217. The van der Waals surface area contributed by atoms with E-state index in [1.807, 2.05) is 0 Å². The van der Waals surface area contributed by atoms with Crippen molar-refractivity contribution in [3.63, 3.8) is 0 Å². The summed E-state index contributed by atoms with van der Waals surface area (Å²) in [4.78, 5) is 4.30. The van der Waals surface area contributed by atoms with Crippen molar-refractivity contribution in [2.24, 2.45) is 0 Å². The van der Waals surface area contributed by atoms with Crippen molar-refractivity contribution in [1.82, 2.24) is 4.98 Å². The summed E-state index contributed by atoms with van der Waals surface area (Å²) in [5.74, 6) is -0.886. The second-order valence-electron chi connectivity index (χ2n) is 5.82. The molecule has 10 heteroatoms. The third-order valence-corrected chi connectivity index (χ3v) is 3.57. The molecule has 2 aromatic carbocycles. The highest BCUT2D eigenvalue weighted by molar-refractivity contribution is 5.72. The molecule has 3 rings (SSSR count). The molecule has 0 unspecified atom stereocenters. The molecule has 152 valence electrons. The average Bonchev–Trinajstić information content (AvgIpc) is 2.59. The number of hydrogen-bond acceptors (Lipinski definition) is 4. The van der Waals surface area contributed by atoms with Crippen molar-refractivity contribution >= 4 is 5.69 Å². The van der Waals surface area contributed by atoms with E-state index in [2.05, 4.69) is 14.5 Å². The monoisotopic (exact) mass is 414 g/mol. The Morgan fingerprint density at radius 2 is 1.07 bits per heavy atom. The Hall–Kier alpha value is -3.43. The van der Waals surface area contributed by atoms with Gasteiger partial charge in [-0.1, -0.05) is 24.3 Å². The smallest absolute Gasteiger partial charge is 0.406 e. The summed E-state index contributed by atoms with van der Waals surface area (Å²) >= 11 is 0. The van der Waals surface area contributed by atoms with Gasteiger partial charge in [-0.2, -0.15) is 0 Å². The lowest BCUT2D eigenvalue weighted by Gasteiger charge is -2.12. The van der Waals surface area contributed by atoms with E-state index in [-0.39, 0.29) is 28.2 Å². The summed E-state index contributed by atoms with van der Waals surface area (Å²) in [5, 5.41) is 0. The Labute approximate surface area is 160 Å². The standard InChI is InChI=1S/C19H12F6N2O2/c20-18(21,22)28-14-5-1-3-11(7-14)16-9-13(26)10-17(27-16)12-4-2-6-15(8-12)29-19(23,24)25/h1-10H,(H2,26,27). The van der Waals surface area contributed by atoms with Crippen molar-refractivity contribution in [2.45, 2.75) is 12.7 Å². The molecule has 29 heavy (non-hydrogen) atoms.